The lowest BCUT2D eigenvalue weighted by Crippen LogP contribution is -2.52. The minimum atomic E-state index is -4.26. The number of sulfonamides is 1. The number of benzene rings is 3. The number of halogens is 2. The van der Waals surface area contributed by atoms with Gasteiger partial charge in [0.1, 0.15) is 18.3 Å². The van der Waals surface area contributed by atoms with E-state index in [1.54, 1.807) is 68.4 Å². The Morgan fingerprint density at radius 2 is 1.68 bits per heavy atom. The second kappa shape index (κ2) is 16.4. The van der Waals surface area contributed by atoms with Crippen LogP contribution < -0.4 is 14.4 Å². The smallest absolute Gasteiger partial charge is 0.264 e. The molecule has 0 heterocycles. The number of carbonyl (C=O) groups is 2. The van der Waals surface area contributed by atoms with E-state index < -0.39 is 28.5 Å². The summed E-state index contributed by atoms with van der Waals surface area (Å²) >= 11 is 14.1. The summed E-state index contributed by atoms with van der Waals surface area (Å²) in [6.07, 6.45) is 2.19. The first kappa shape index (κ1) is 35.6. The van der Waals surface area contributed by atoms with E-state index in [9.17, 15) is 18.0 Å². The summed E-state index contributed by atoms with van der Waals surface area (Å²) < 4.78 is 35.3. The quantitative estimate of drug-likeness (QED) is 0.176. The number of nitrogens with one attached hydrogen (secondary N) is 1. The molecule has 0 spiro atoms. The zero-order valence-corrected chi connectivity index (χ0v) is 28.7. The van der Waals surface area contributed by atoms with Crippen molar-refractivity contribution in [3.05, 3.63) is 82.3 Å². The van der Waals surface area contributed by atoms with Gasteiger partial charge in [-0.05, 0) is 79.6 Å². The van der Waals surface area contributed by atoms with E-state index in [1.165, 1.54) is 28.8 Å². The molecule has 0 aromatic heterocycles. The number of para-hydroxylation sites is 2. The molecule has 3 rings (SSSR count). The van der Waals surface area contributed by atoms with Gasteiger partial charge >= 0.3 is 0 Å². The van der Waals surface area contributed by atoms with Gasteiger partial charge in [-0.25, -0.2) is 8.42 Å². The first-order valence-corrected chi connectivity index (χ1v) is 17.7. The molecule has 0 radical (unpaired) electrons. The van der Waals surface area contributed by atoms with Crippen LogP contribution in [0, 0.1) is 5.92 Å². The Kier molecular flexibility index (Phi) is 13.3. The number of hydrogen-bond donors (Lipinski definition) is 1. The van der Waals surface area contributed by atoms with Crippen molar-refractivity contribution in [1.29, 1.82) is 0 Å². The second-order valence-electron chi connectivity index (χ2n) is 10.4. The number of nitrogens with zero attached hydrogens (tertiary/aromatic N) is 2. The minimum absolute atomic E-state index is 0.0171. The van der Waals surface area contributed by atoms with E-state index >= 15 is 0 Å². The van der Waals surface area contributed by atoms with Crippen LogP contribution in [0.4, 0.5) is 5.69 Å². The second-order valence-corrected chi connectivity index (χ2v) is 14.0. The summed E-state index contributed by atoms with van der Waals surface area (Å²) in [5.74, 6) is -0.421. The van der Waals surface area contributed by atoms with Gasteiger partial charge in [0.15, 0.2) is 0 Å². The normalized spacial score (nSPS) is 12.1. The SMILES string of the molecule is CCOc1ccccc1N(CC(=O)N(Cc1ccc(Cl)cc1Cl)C(CC)C(=O)NCC(C)C)S(=O)(=O)c1ccc(SC)cc1. The van der Waals surface area contributed by atoms with E-state index in [0.717, 1.165) is 9.20 Å². The third-order valence-electron chi connectivity index (χ3n) is 6.79. The lowest BCUT2D eigenvalue weighted by Gasteiger charge is -2.34. The zero-order valence-electron chi connectivity index (χ0n) is 25.5. The summed E-state index contributed by atoms with van der Waals surface area (Å²) in [7, 11) is -4.26. The van der Waals surface area contributed by atoms with Gasteiger partial charge in [0.2, 0.25) is 11.8 Å². The van der Waals surface area contributed by atoms with Gasteiger partial charge in [0, 0.05) is 28.0 Å². The lowest BCUT2D eigenvalue weighted by molar-refractivity contribution is -0.140. The van der Waals surface area contributed by atoms with Crippen molar-refractivity contribution in [2.45, 2.75) is 56.5 Å². The maximum Gasteiger partial charge on any atom is 0.264 e. The first-order chi connectivity index (χ1) is 20.9. The Morgan fingerprint density at radius 3 is 2.27 bits per heavy atom. The van der Waals surface area contributed by atoms with Crippen LogP contribution in [0.3, 0.4) is 0 Å². The fraction of sp³-hybridized carbons (Fsp3) is 0.375. The molecule has 44 heavy (non-hydrogen) atoms. The van der Waals surface area contributed by atoms with Crippen LogP contribution in [0.25, 0.3) is 0 Å². The third-order valence-corrected chi connectivity index (χ3v) is 9.89. The number of thioether (sulfide) groups is 1. The molecule has 3 aromatic carbocycles. The van der Waals surface area contributed by atoms with Crippen molar-refractivity contribution in [2.75, 3.05) is 30.3 Å². The molecule has 0 aliphatic heterocycles. The van der Waals surface area contributed by atoms with Gasteiger partial charge < -0.3 is 15.0 Å². The number of rotatable bonds is 15. The maximum atomic E-state index is 14.3. The Morgan fingerprint density at radius 1 is 1.00 bits per heavy atom. The first-order valence-electron chi connectivity index (χ1n) is 14.3. The Balaban J connectivity index is 2.12. The van der Waals surface area contributed by atoms with E-state index in [1.807, 2.05) is 20.1 Å². The summed E-state index contributed by atoms with van der Waals surface area (Å²) in [5, 5.41) is 3.67. The van der Waals surface area contributed by atoms with Crippen LogP contribution >= 0.6 is 35.0 Å². The van der Waals surface area contributed by atoms with Crippen LogP contribution in [0.15, 0.2) is 76.5 Å². The molecule has 3 aromatic rings. The summed E-state index contributed by atoms with van der Waals surface area (Å²) in [6, 6.07) is 17.1. The average Bonchev–Trinajstić information content (AvgIpc) is 3.00. The van der Waals surface area contributed by atoms with E-state index in [4.69, 9.17) is 27.9 Å². The highest BCUT2D eigenvalue weighted by Crippen LogP contribution is 2.33. The predicted octanol–water partition coefficient (Wildman–Crippen LogP) is 6.89. The fourth-order valence-corrected chi connectivity index (χ4v) is 6.81. The molecular weight excluding hydrogens is 641 g/mol. The molecule has 0 bridgehead atoms. The average molecular weight is 681 g/mol. The molecular formula is C32H39Cl2N3O5S2. The topological polar surface area (TPSA) is 96.0 Å². The molecule has 2 amide bonds. The van der Waals surface area contributed by atoms with Crippen LogP contribution in [0.2, 0.25) is 10.0 Å². The highest BCUT2D eigenvalue weighted by molar-refractivity contribution is 7.98. The van der Waals surface area contributed by atoms with Crippen LogP contribution in [0.1, 0.15) is 39.7 Å². The summed E-state index contributed by atoms with van der Waals surface area (Å²) in [4.78, 5) is 30.0. The van der Waals surface area contributed by atoms with Crippen LogP contribution in [-0.4, -0.2) is 57.1 Å². The van der Waals surface area contributed by atoms with Gasteiger partial charge in [-0.3, -0.25) is 13.9 Å². The summed E-state index contributed by atoms with van der Waals surface area (Å²) in [5.41, 5.74) is 0.773. The van der Waals surface area contributed by atoms with Crippen molar-refractivity contribution in [3.8, 4) is 5.75 Å². The number of ether oxygens (including phenoxy) is 1. The molecule has 12 heteroatoms. The van der Waals surface area contributed by atoms with Crippen LogP contribution in [-0.2, 0) is 26.2 Å². The van der Waals surface area contributed by atoms with Crippen molar-refractivity contribution >= 4 is 62.5 Å². The Bertz CT molecular complexity index is 1540. The molecule has 238 valence electrons. The summed E-state index contributed by atoms with van der Waals surface area (Å²) in [6.45, 7) is 7.63. The Labute approximate surface area is 275 Å². The van der Waals surface area contributed by atoms with Gasteiger partial charge in [-0.2, -0.15) is 0 Å². The van der Waals surface area contributed by atoms with E-state index in [0.29, 0.717) is 34.3 Å². The number of amides is 2. The molecule has 1 atom stereocenters. The molecule has 0 fully saturated rings. The molecule has 0 aliphatic rings. The standard InChI is InChI=1S/C32H39Cl2N3O5S2/c1-6-28(32(39)35-19-22(3)4)36(20-23-12-13-24(33)18-27(23)34)31(38)21-37(29-10-8-9-11-30(29)42-7-2)44(40,41)26-16-14-25(43-5)15-17-26/h8-18,22,28H,6-7,19-21H2,1-5H3,(H,35,39). The zero-order chi connectivity index (χ0) is 32.4. The van der Waals surface area contributed by atoms with Gasteiger partial charge in [-0.1, -0.05) is 62.2 Å². The van der Waals surface area contributed by atoms with Gasteiger partial charge in [0.05, 0.1) is 17.2 Å². The van der Waals surface area contributed by atoms with Crippen LogP contribution in [0.5, 0.6) is 5.75 Å². The fourth-order valence-electron chi connectivity index (χ4n) is 4.50. The molecule has 1 N–H and O–H groups in total. The van der Waals surface area contributed by atoms with E-state index in [-0.39, 0.29) is 35.6 Å². The van der Waals surface area contributed by atoms with Gasteiger partial charge in [0.25, 0.3) is 10.0 Å². The highest BCUT2D eigenvalue weighted by atomic mass is 35.5. The molecule has 0 aliphatic carbocycles. The van der Waals surface area contributed by atoms with Crippen molar-refractivity contribution in [2.24, 2.45) is 5.92 Å². The Hall–Kier alpha value is -2.92. The van der Waals surface area contributed by atoms with E-state index in [2.05, 4.69) is 5.32 Å². The lowest BCUT2D eigenvalue weighted by atomic mass is 10.1. The van der Waals surface area contributed by atoms with Gasteiger partial charge in [-0.15, -0.1) is 11.8 Å². The molecule has 0 saturated carbocycles. The number of hydrogen-bond acceptors (Lipinski definition) is 6. The monoisotopic (exact) mass is 679 g/mol. The minimum Gasteiger partial charge on any atom is -0.492 e. The third kappa shape index (κ3) is 9.06. The highest BCUT2D eigenvalue weighted by Gasteiger charge is 2.35. The van der Waals surface area contributed by atoms with Crippen molar-refractivity contribution in [1.82, 2.24) is 10.2 Å². The molecule has 0 saturated heterocycles. The maximum absolute atomic E-state index is 14.3. The molecule has 8 nitrogen and oxygen atoms in total. The van der Waals surface area contributed by atoms with Crippen molar-refractivity contribution < 1.29 is 22.7 Å². The van der Waals surface area contributed by atoms with Crippen molar-refractivity contribution in [3.63, 3.8) is 0 Å². The largest absolute Gasteiger partial charge is 0.492 e. The number of anilines is 1. The predicted molar refractivity (Wildman–Crippen MR) is 179 cm³/mol. The number of carbonyl (C=O) groups excluding carboxylic acids is 2. The molecule has 1 unspecified atom stereocenters.